The normalized spacial score (nSPS) is 18.1. The van der Waals surface area contributed by atoms with Gasteiger partial charge in [-0.15, -0.1) is 0 Å². The first-order chi connectivity index (χ1) is 16.5. The lowest BCUT2D eigenvalue weighted by molar-refractivity contribution is 0.0240. The lowest BCUT2D eigenvalue weighted by Crippen LogP contribution is -2.34. The van der Waals surface area contributed by atoms with Crippen LogP contribution in [0.1, 0.15) is 49.3 Å². The molecule has 1 aliphatic carbocycles. The molecule has 0 atom stereocenters. The molecule has 2 aliphatic rings. The minimum absolute atomic E-state index is 0.351. The van der Waals surface area contributed by atoms with Crippen LogP contribution in [0.3, 0.4) is 0 Å². The number of ether oxygens (including phenoxy) is 1. The summed E-state index contributed by atoms with van der Waals surface area (Å²) in [5.74, 6) is 7.00. The van der Waals surface area contributed by atoms with Crippen molar-refractivity contribution in [3.63, 3.8) is 0 Å². The fraction of sp³-hybridized carbons (Fsp3) is 0.407. The Kier molecular flexibility index (Phi) is 6.27. The molecule has 2 aromatic heterocycles. The molecule has 7 heteroatoms. The average molecular weight is 458 g/mol. The van der Waals surface area contributed by atoms with E-state index in [0.29, 0.717) is 24.2 Å². The van der Waals surface area contributed by atoms with Crippen LogP contribution in [-0.2, 0) is 6.61 Å². The Bertz CT molecular complexity index is 1210. The lowest BCUT2D eigenvalue weighted by atomic mass is 9.81. The van der Waals surface area contributed by atoms with Crippen LogP contribution in [0.5, 0.6) is 5.75 Å². The number of pyridine rings is 1. The molecule has 0 radical (unpaired) electrons. The molecule has 0 unspecified atom stereocenters. The van der Waals surface area contributed by atoms with Gasteiger partial charge in [-0.05, 0) is 76.0 Å². The Morgan fingerprint density at radius 1 is 1.18 bits per heavy atom. The van der Waals surface area contributed by atoms with E-state index in [2.05, 4.69) is 44.7 Å². The van der Waals surface area contributed by atoms with Gasteiger partial charge >= 0.3 is 0 Å². The van der Waals surface area contributed by atoms with E-state index in [9.17, 15) is 5.11 Å². The molecule has 0 bridgehead atoms. The number of rotatable bonds is 5. The van der Waals surface area contributed by atoms with E-state index >= 15 is 0 Å². The molecule has 3 heterocycles. The van der Waals surface area contributed by atoms with E-state index in [0.717, 1.165) is 67.4 Å². The minimum atomic E-state index is -0.811. The summed E-state index contributed by atoms with van der Waals surface area (Å²) in [6.07, 6.45) is 10.5. The van der Waals surface area contributed by atoms with Gasteiger partial charge in [-0.1, -0.05) is 24.0 Å². The average Bonchev–Trinajstić information content (AvgIpc) is 3.32. The van der Waals surface area contributed by atoms with Crippen molar-refractivity contribution in [1.29, 1.82) is 0 Å². The highest BCUT2D eigenvalue weighted by Crippen LogP contribution is 2.31. The van der Waals surface area contributed by atoms with Crippen molar-refractivity contribution in [2.45, 2.75) is 50.4 Å². The van der Waals surface area contributed by atoms with Gasteiger partial charge in [0, 0.05) is 29.1 Å². The number of likely N-dealkylation sites (tertiary alicyclic amines) is 1. The summed E-state index contributed by atoms with van der Waals surface area (Å²) in [7, 11) is 2.16. The summed E-state index contributed by atoms with van der Waals surface area (Å²) in [4.78, 5) is 6.70. The summed E-state index contributed by atoms with van der Waals surface area (Å²) in [6.45, 7) is 2.54. The summed E-state index contributed by atoms with van der Waals surface area (Å²) in [5, 5.41) is 14.8. The van der Waals surface area contributed by atoms with Crippen LogP contribution in [0, 0.1) is 11.8 Å². The fourth-order valence-corrected chi connectivity index (χ4v) is 4.40. The SMILES string of the molecule is CN1CCC(n2cc(-c3cnc(N)c(OCc4cccc(C#CC5(O)CCC5)c4)c3)cn2)CC1. The third-order valence-corrected chi connectivity index (χ3v) is 6.82. The maximum absolute atomic E-state index is 10.2. The molecular formula is C27H31N5O2. The molecule has 7 nitrogen and oxygen atoms in total. The van der Waals surface area contributed by atoms with Crippen LogP contribution in [0.2, 0.25) is 0 Å². The molecule has 2 fully saturated rings. The zero-order valence-corrected chi connectivity index (χ0v) is 19.6. The topological polar surface area (TPSA) is 89.4 Å². The first-order valence-corrected chi connectivity index (χ1v) is 11.9. The molecule has 1 aromatic carbocycles. The zero-order chi connectivity index (χ0) is 23.5. The number of hydrogen-bond acceptors (Lipinski definition) is 6. The number of piperidine rings is 1. The monoisotopic (exact) mass is 457 g/mol. The van der Waals surface area contributed by atoms with Crippen molar-refractivity contribution in [3.05, 3.63) is 60.0 Å². The van der Waals surface area contributed by atoms with Crippen LogP contribution in [0.4, 0.5) is 5.82 Å². The Balaban J connectivity index is 1.26. The molecule has 1 aliphatic heterocycles. The molecule has 3 N–H and O–H groups in total. The van der Waals surface area contributed by atoms with Crippen molar-refractivity contribution in [2.75, 3.05) is 25.9 Å². The number of anilines is 1. The highest BCUT2D eigenvalue weighted by molar-refractivity contribution is 5.65. The third-order valence-electron chi connectivity index (χ3n) is 6.82. The summed E-state index contributed by atoms with van der Waals surface area (Å²) in [6, 6.07) is 10.2. The van der Waals surface area contributed by atoms with Crippen molar-refractivity contribution < 1.29 is 9.84 Å². The molecule has 3 aromatic rings. The third kappa shape index (κ3) is 5.09. The quantitative estimate of drug-likeness (QED) is 0.569. The van der Waals surface area contributed by atoms with Crippen LogP contribution in [0.25, 0.3) is 11.1 Å². The standard InChI is InChI=1S/C27H31N5O2/c1-31-12-7-24(8-13-31)32-18-23(17-30-32)22-15-25(26(28)29-16-22)34-19-21-5-2-4-20(14-21)6-11-27(33)9-3-10-27/h2,4-5,14-18,24,33H,3,7-10,12-13,19H2,1H3,(H2,28,29). The Hall–Kier alpha value is -3.34. The van der Waals surface area contributed by atoms with Gasteiger partial charge in [0.25, 0.3) is 0 Å². The second-order valence-corrected chi connectivity index (χ2v) is 9.48. The fourth-order valence-electron chi connectivity index (χ4n) is 4.40. The zero-order valence-electron chi connectivity index (χ0n) is 19.6. The Labute approximate surface area is 200 Å². The van der Waals surface area contributed by atoms with Crippen molar-refractivity contribution >= 4 is 5.82 Å². The van der Waals surface area contributed by atoms with Gasteiger partial charge in [-0.2, -0.15) is 5.10 Å². The Morgan fingerprint density at radius 2 is 2.00 bits per heavy atom. The number of nitrogen functional groups attached to an aromatic ring is 1. The highest BCUT2D eigenvalue weighted by Gasteiger charge is 2.32. The van der Waals surface area contributed by atoms with Gasteiger partial charge in [-0.3, -0.25) is 4.68 Å². The number of nitrogens with zero attached hydrogens (tertiary/aromatic N) is 4. The summed E-state index contributed by atoms with van der Waals surface area (Å²) >= 11 is 0. The number of hydrogen-bond donors (Lipinski definition) is 2. The minimum Gasteiger partial charge on any atom is -0.485 e. The van der Waals surface area contributed by atoms with Crippen molar-refractivity contribution in [2.24, 2.45) is 0 Å². The number of aliphatic hydroxyl groups is 1. The number of aromatic nitrogens is 3. The van der Waals surface area contributed by atoms with Gasteiger partial charge in [0.2, 0.25) is 0 Å². The van der Waals surface area contributed by atoms with Crippen LogP contribution < -0.4 is 10.5 Å². The molecule has 5 rings (SSSR count). The lowest BCUT2D eigenvalue weighted by Gasteiger charge is -2.30. The first-order valence-electron chi connectivity index (χ1n) is 11.9. The second kappa shape index (κ2) is 9.49. The predicted octanol–water partition coefficient (Wildman–Crippen LogP) is 3.64. The highest BCUT2D eigenvalue weighted by atomic mass is 16.5. The van der Waals surface area contributed by atoms with E-state index < -0.39 is 5.60 Å². The first kappa shape index (κ1) is 22.5. The molecular weight excluding hydrogens is 426 g/mol. The maximum Gasteiger partial charge on any atom is 0.166 e. The van der Waals surface area contributed by atoms with E-state index in [1.165, 1.54) is 0 Å². The molecule has 176 valence electrons. The molecule has 34 heavy (non-hydrogen) atoms. The Morgan fingerprint density at radius 3 is 2.76 bits per heavy atom. The van der Waals surface area contributed by atoms with Crippen LogP contribution in [0.15, 0.2) is 48.9 Å². The molecule has 0 spiro atoms. The van der Waals surface area contributed by atoms with E-state index in [4.69, 9.17) is 10.5 Å². The second-order valence-electron chi connectivity index (χ2n) is 9.48. The van der Waals surface area contributed by atoms with Gasteiger partial charge in [0.15, 0.2) is 11.6 Å². The number of nitrogens with two attached hydrogens (primary N) is 1. The van der Waals surface area contributed by atoms with Gasteiger partial charge in [0.05, 0.1) is 12.2 Å². The summed E-state index contributed by atoms with van der Waals surface area (Å²) < 4.78 is 8.11. The van der Waals surface area contributed by atoms with Gasteiger partial charge in [0.1, 0.15) is 12.2 Å². The maximum atomic E-state index is 10.2. The molecule has 0 amide bonds. The molecule has 1 saturated carbocycles. The van der Waals surface area contributed by atoms with E-state index in [1.807, 2.05) is 36.5 Å². The van der Waals surface area contributed by atoms with Gasteiger partial charge < -0.3 is 20.5 Å². The van der Waals surface area contributed by atoms with Crippen molar-refractivity contribution in [1.82, 2.24) is 19.7 Å². The predicted molar refractivity (Wildman–Crippen MR) is 132 cm³/mol. The smallest absolute Gasteiger partial charge is 0.166 e. The van der Waals surface area contributed by atoms with E-state index in [1.54, 1.807) is 6.20 Å². The van der Waals surface area contributed by atoms with E-state index in [-0.39, 0.29) is 0 Å². The largest absolute Gasteiger partial charge is 0.485 e. The molecule has 1 saturated heterocycles. The van der Waals surface area contributed by atoms with Gasteiger partial charge in [-0.25, -0.2) is 4.98 Å². The van der Waals surface area contributed by atoms with Crippen LogP contribution >= 0.6 is 0 Å². The summed E-state index contributed by atoms with van der Waals surface area (Å²) in [5.41, 5.74) is 9.06. The van der Waals surface area contributed by atoms with Crippen molar-refractivity contribution in [3.8, 4) is 28.7 Å². The number of benzene rings is 1. The van der Waals surface area contributed by atoms with Crippen LogP contribution in [-0.4, -0.2) is 50.5 Å².